The number of carbonyl (C=O) groups is 5. The molecule has 1 aromatic rings. The Hall–Kier alpha value is -4.76. The summed E-state index contributed by atoms with van der Waals surface area (Å²) < 4.78 is 39.5. The predicted molar refractivity (Wildman–Crippen MR) is 277 cm³/mol. The predicted octanol–water partition coefficient (Wildman–Crippen LogP) is 10.4. The van der Waals surface area contributed by atoms with Gasteiger partial charge in [-0.3, -0.25) is 14.4 Å². The number of alkyl carbamates (subject to hydrolysis) is 1. The summed E-state index contributed by atoms with van der Waals surface area (Å²) in [5, 5.41) is 5.39. The van der Waals surface area contributed by atoms with Crippen LogP contribution in [-0.4, -0.2) is 100 Å². The Morgan fingerprint density at radius 3 is 2.03 bits per heavy atom. The number of nitrogens with zero attached hydrogens (tertiary/aromatic N) is 2. The second-order valence-corrected chi connectivity index (χ2v) is 20.9. The Kier molecular flexibility index (Phi) is 27.3. The molecular formula is C54H85N5O9S. The number of methoxy groups -OCH3 is 1. The van der Waals surface area contributed by atoms with Crippen LogP contribution in [0.25, 0.3) is 0 Å². The molecule has 3 N–H and O–H groups in total. The molecule has 0 bridgehead atoms. The van der Waals surface area contributed by atoms with E-state index in [2.05, 4.69) is 67.9 Å². The Labute approximate surface area is 414 Å². The lowest BCUT2D eigenvalue weighted by molar-refractivity contribution is -0.143. The first-order valence-electron chi connectivity index (χ1n) is 25.7. The Morgan fingerprint density at radius 2 is 1.43 bits per heavy atom. The molecule has 69 heavy (non-hydrogen) atoms. The molecule has 1 saturated heterocycles. The number of hydrogen-bond acceptors (Lipinski definition) is 9. The monoisotopic (exact) mass is 980 g/mol. The summed E-state index contributed by atoms with van der Waals surface area (Å²) in [6.45, 7) is 14.0. The molecule has 0 saturated carbocycles. The normalized spacial score (nSPS) is 16.6. The zero-order valence-corrected chi connectivity index (χ0v) is 43.7. The van der Waals surface area contributed by atoms with Crippen LogP contribution in [0.2, 0.25) is 0 Å². The van der Waals surface area contributed by atoms with Crippen molar-refractivity contribution in [2.45, 2.75) is 188 Å². The molecule has 2 aliphatic heterocycles. The van der Waals surface area contributed by atoms with Crippen molar-refractivity contribution in [1.29, 1.82) is 0 Å². The van der Waals surface area contributed by atoms with Gasteiger partial charge < -0.3 is 29.9 Å². The summed E-state index contributed by atoms with van der Waals surface area (Å²) in [5.41, 5.74) is 4.20. The molecular weight excluding hydrogens is 895 g/mol. The van der Waals surface area contributed by atoms with Gasteiger partial charge in [-0.1, -0.05) is 138 Å². The van der Waals surface area contributed by atoms with Crippen LogP contribution in [0.4, 0.5) is 10.5 Å². The van der Waals surface area contributed by atoms with Crippen LogP contribution in [0.15, 0.2) is 65.8 Å². The van der Waals surface area contributed by atoms with E-state index in [0.29, 0.717) is 12.8 Å². The summed E-state index contributed by atoms with van der Waals surface area (Å²) in [4.78, 5) is 70.5. The fourth-order valence-electron chi connectivity index (χ4n) is 8.87. The van der Waals surface area contributed by atoms with Gasteiger partial charge in [0, 0.05) is 31.2 Å². The molecule has 14 nitrogen and oxygen atoms in total. The van der Waals surface area contributed by atoms with E-state index in [0.717, 1.165) is 51.4 Å². The van der Waals surface area contributed by atoms with Crippen LogP contribution in [0, 0.1) is 0 Å². The van der Waals surface area contributed by atoms with Gasteiger partial charge in [-0.2, -0.15) is 0 Å². The topological polar surface area (TPSA) is 181 Å². The van der Waals surface area contributed by atoms with E-state index in [1.165, 1.54) is 116 Å². The summed E-state index contributed by atoms with van der Waals surface area (Å²) in [5.74, 6) is -2.27. The maximum Gasteiger partial charge on any atom is 0.407 e. The van der Waals surface area contributed by atoms with E-state index < -0.39 is 57.9 Å². The molecule has 2 heterocycles. The molecule has 2 aliphatic rings. The van der Waals surface area contributed by atoms with E-state index in [1.54, 1.807) is 0 Å². The largest absolute Gasteiger partial charge is 0.467 e. The van der Waals surface area contributed by atoms with Gasteiger partial charge >= 0.3 is 12.1 Å². The molecule has 15 heteroatoms. The van der Waals surface area contributed by atoms with Gasteiger partial charge in [0.25, 0.3) is 11.8 Å². The van der Waals surface area contributed by atoms with Crippen molar-refractivity contribution in [3.63, 3.8) is 0 Å². The van der Waals surface area contributed by atoms with Crippen LogP contribution >= 0.6 is 0 Å². The average molecular weight is 980 g/mol. The van der Waals surface area contributed by atoms with Crippen molar-refractivity contribution in [2.75, 3.05) is 44.0 Å². The molecule has 0 aromatic heterocycles. The second kappa shape index (κ2) is 32.2. The maximum absolute atomic E-state index is 14.4. The molecule has 1 fully saturated rings. The molecule has 0 aliphatic carbocycles. The van der Waals surface area contributed by atoms with Crippen LogP contribution in [0.3, 0.4) is 0 Å². The number of fused-ring (bicyclic) bond motifs is 2. The van der Waals surface area contributed by atoms with E-state index in [1.807, 2.05) is 6.92 Å². The lowest BCUT2D eigenvalue weighted by atomic mass is 10.0. The van der Waals surface area contributed by atoms with Gasteiger partial charge in [-0.05, 0) is 97.3 Å². The first-order valence-corrected chi connectivity index (χ1v) is 27.4. The number of carbonyl (C=O) groups excluding carboxylic acids is 5. The van der Waals surface area contributed by atoms with Gasteiger partial charge in [0.1, 0.15) is 18.7 Å². The van der Waals surface area contributed by atoms with Gasteiger partial charge in [-0.15, -0.1) is 0 Å². The second-order valence-electron chi connectivity index (χ2n) is 19.1. The van der Waals surface area contributed by atoms with Crippen molar-refractivity contribution in [1.82, 2.24) is 20.3 Å². The molecule has 0 unspecified atom stereocenters. The fraction of sp³-hybridized carbons (Fsp3) is 0.648. The SMILES string of the molecule is C=CCOC(=O)NCCN1C(=O)[C@@H]2C[C@H](NS(=O)(=O)CCCCCCCCCCCCCCCC)CN2C(=O)c2cc(C(=O)N[C@H](CC/C=C(\C)CC/C=C(\C)CCC=C(C)C)C(=O)OC)ccc21. The van der Waals surface area contributed by atoms with E-state index in [4.69, 9.17) is 9.47 Å². The zero-order chi connectivity index (χ0) is 50.6. The number of allylic oxidation sites excluding steroid dienone is 6. The highest BCUT2D eigenvalue weighted by Gasteiger charge is 2.46. The first-order chi connectivity index (χ1) is 33.1. The highest BCUT2D eigenvalue weighted by atomic mass is 32.2. The number of amides is 4. The number of esters is 1. The average Bonchev–Trinajstić information content (AvgIpc) is 3.71. The van der Waals surface area contributed by atoms with E-state index in [9.17, 15) is 32.4 Å². The van der Waals surface area contributed by atoms with Crippen molar-refractivity contribution in [2.24, 2.45) is 0 Å². The molecule has 0 spiro atoms. The van der Waals surface area contributed by atoms with Gasteiger partial charge in [0.2, 0.25) is 15.9 Å². The van der Waals surface area contributed by atoms with Gasteiger partial charge in [0.15, 0.2) is 0 Å². The number of unbranched alkanes of at least 4 members (excludes halogenated alkanes) is 13. The first kappa shape index (κ1) is 58.6. The summed E-state index contributed by atoms with van der Waals surface area (Å²) >= 11 is 0. The quantitative estimate of drug-likeness (QED) is 0.0344. The Balaban J connectivity index is 1.67. The summed E-state index contributed by atoms with van der Waals surface area (Å²) in [6.07, 6.45) is 28.2. The minimum atomic E-state index is -3.72. The third kappa shape index (κ3) is 21.8. The molecule has 4 amide bonds. The lowest BCUT2D eigenvalue weighted by Crippen LogP contribution is -2.47. The number of rotatable bonds is 34. The summed E-state index contributed by atoms with van der Waals surface area (Å²) in [7, 11) is -2.46. The van der Waals surface area contributed by atoms with Crippen molar-refractivity contribution in [3.8, 4) is 0 Å². The highest BCUT2D eigenvalue weighted by Crippen LogP contribution is 2.34. The molecule has 1 aromatic carbocycles. The standard InChI is InChI=1S/C54H85N5O9S/c1-8-10-11-12-13-14-15-16-17-18-19-20-21-22-37-69(65,66)57-45-39-49-52(62)58(35-34-55-54(64)68-36-9-2)48-33-32-44(38-46(48)51(61)59(49)40-45)50(60)56-47(53(63)67-7)31-25-30-43(6)29-24-28-42(5)27-23-26-41(3)4/h9,26,28,30,32-33,38,45,47,49,57H,2,8,10-25,27,29,31,34-37,39-40H2,1,3-7H3,(H,55,64)(H,56,60)/b42-28+,43-30+/t45-,47+,49-/m0/s1. The summed E-state index contributed by atoms with van der Waals surface area (Å²) in [6, 6.07) is 1.69. The lowest BCUT2D eigenvalue weighted by Gasteiger charge is -2.26. The molecule has 386 valence electrons. The molecule has 3 rings (SSSR count). The fourth-order valence-corrected chi connectivity index (χ4v) is 10.3. The van der Waals surface area contributed by atoms with Crippen molar-refractivity contribution in [3.05, 3.63) is 76.9 Å². The van der Waals surface area contributed by atoms with Crippen LogP contribution < -0.4 is 20.3 Å². The Bertz CT molecular complexity index is 2030. The number of anilines is 1. The molecule has 3 atom stereocenters. The van der Waals surface area contributed by atoms with Crippen LogP contribution in [0.1, 0.15) is 190 Å². The highest BCUT2D eigenvalue weighted by molar-refractivity contribution is 7.89. The maximum atomic E-state index is 14.4. The Morgan fingerprint density at radius 1 is 0.841 bits per heavy atom. The minimum absolute atomic E-state index is 0.00726. The van der Waals surface area contributed by atoms with E-state index >= 15 is 0 Å². The third-order valence-corrected chi connectivity index (χ3v) is 14.3. The third-order valence-electron chi connectivity index (χ3n) is 12.8. The van der Waals surface area contributed by atoms with Crippen molar-refractivity contribution >= 4 is 45.5 Å². The van der Waals surface area contributed by atoms with Crippen LogP contribution in [0.5, 0.6) is 0 Å². The minimum Gasteiger partial charge on any atom is -0.467 e. The van der Waals surface area contributed by atoms with Crippen molar-refractivity contribution < 1.29 is 41.9 Å². The zero-order valence-electron chi connectivity index (χ0n) is 42.8. The number of hydrogen-bond donors (Lipinski definition) is 3. The number of ether oxygens (including phenoxy) is 2. The number of benzene rings is 1. The molecule has 0 radical (unpaired) electrons. The van der Waals surface area contributed by atoms with Gasteiger partial charge in [-0.25, -0.2) is 22.7 Å². The van der Waals surface area contributed by atoms with E-state index in [-0.39, 0.29) is 61.6 Å². The smallest absolute Gasteiger partial charge is 0.407 e. The van der Waals surface area contributed by atoms with Crippen LogP contribution in [-0.2, 0) is 29.1 Å². The number of nitrogens with one attached hydrogen (secondary N) is 3. The number of sulfonamides is 1. The van der Waals surface area contributed by atoms with Gasteiger partial charge in [0.05, 0.1) is 24.1 Å².